The summed E-state index contributed by atoms with van der Waals surface area (Å²) >= 11 is 0. The molecule has 2 aromatic rings. The largest absolute Gasteiger partial charge is 0.457 e. The van der Waals surface area contributed by atoms with Gasteiger partial charge in [-0.1, -0.05) is 97.6 Å². The lowest BCUT2D eigenvalue weighted by molar-refractivity contribution is 0.0858. The van der Waals surface area contributed by atoms with Crippen LogP contribution in [0.25, 0.3) is 0 Å². The molecule has 0 saturated heterocycles. The Balaban J connectivity index is 1.73. The van der Waals surface area contributed by atoms with Crippen molar-refractivity contribution in [3.63, 3.8) is 0 Å². The number of aliphatic hydroxyl groups excluding tert-OH is 1. The predicted molar refractivity (Wildman–Crippen MR) is 134 cm³/mol. The molecule has 176 valence electrons. The maximum Gasteiger partial charge on any atom is 0.168 e. The fourth-order valence-corrected chi connectivity index (χ4v) is 3.82. The molecule has 32 heavy (non-hydrogen) atoms. The zero-order valence-corrected chi connectivity index (χ0v) is 20.5. The average Bonchev–Trinajstić information content (AvgIpc) is 2.78. The van der Waals surface area contributed by atoms with Gasteiger partial charge in [0.1, 0.15) is 11.5 Å². The Morgan fingerprint density at radius 3 is 1.75 bits per heavy atom. The minimum Gasteiger partial charge on any atom is -0.457 e. The molecule has 1 atom stereocenters. The molecule has 0 radical (unpaired) electrons. The Bertz CT molecular complexity index is 785. The van der Waals surface area contributed by atoms with Crippen molar-refractivity contribution in [3.8, 4) is 11.5 Å². The van der Waals surface area contributed by atoms with Crippen molar-refractivity contribution in [3.05, 3.63) is 59.7 Å². The summed E-state index contributed by atoms with van der Waals surface area (Å²) in [4.78, 5) is 12.3. The van der Waals surface area contributed by atoms with E-state index in [0.717, 1.165) is 24.2 Å². The number of hydrogen-bond donors (Lipinski definition) is 1. The van der Waals surface area contributed by atoms with E-state index >= 15 is 0 Å². The van der Waals surface area contributed by atoms with Crippen molar-refractivity contribution in [1.82, 2.24) is 0 Å². The molecule has 0 amide bonds. The first-order valence-electron chi connectivity index (χ1n) is 12.4. The standard InChI is InChI=1S/C29H42O3/c1-5-6-7-8-9-10-11-12-13-14-27(30)23-15-19-25(20-16-23)32-26-21-17-24(18-22-26)28(31)29(2,3)4/h15-22,27,30H,5-14H2,1-4H3. The Kier molecular flexibility index (Phi) is 11.0. The van der Waals surface area contributed by atoms with E-state index in [9.17, 15) is 9.90 Å². The summed E-state index contributed by atoms with van der Waals surface area (Å²) in [6.45, 7) is 8.02. The Hall–Kier alpha value is -2.13. The van der Waals surface area contributed by atoms with Gasteiger partial charge in [0.25, 0.3) is 0 Å². The lowest BCUT2D eigenvalue weighted by Gasteiger charge is -2.16. The van der Waals surface area contributed by atoms with Crippen LogP contribution in [0.2, 0.25) is 0 Å². The third kappa shape index (κ3) is 9.16. The van der Waals surface area contributed by atoms with Gasteiger partial charge in [-0.25, -0.2) is 0 Å². The van der Waals surface area contributed by atoms with Crippen LogP contribution < -0.4 is 4.74 Å². The van der Waals surface area contributed by atoms with Crippen LogP contribution in [0.3, 0.4) is 0 Å². The molecule has 0 aliphatic carbocycles. The summed E-state index contributed by atoms with van der Waals surface area (Å²) in [6.07, 6.45) is 12.0. The van der Waals surface area contributed by atoms with Crippen molar-refractivity contribution in [2.45, 2.75) is 98.0 Å². The molecule has 0 aromatic heterocycles. The number of unbranched alkanes of at least 4 members (excludes halogenated alkanes) is 8. The highest BCUT2D eigenvalue weighted by atomic mass is 16.5. The van der Waals surface area contributed by atoms with Gasteiger partial charge in [0, 0.05) is 11.0 Å². The molecule has 1 N–H and O–H groups in total. The number of rotatable bonds is 14. The van der Waals surface area contributed by atoms with Gasteiger partial charge < -0.3 is 9.84 Å². The molecular weight excluding hydrogens is 396 g/mol. The average molecular weight is 439 g/mol. The summed E-state index contributed by atoms with van der Waals surface area (Å²) in [7, 11) is 0. The molecule has 3 heteroatoms. The smallest absolute Gasteiger partial charge is 0.168 e. The first-order chi connectivity index (χ1) is 15.3. The number of ether oxygens (including phenoxy) is 1. The van der Waals surface area contributed by atoms with Gasteiger partial charge in [-0.05, 0) is 48.4 Å². The van der Waals surface area contributed by atoms with E-state index in [2.05, 4.69) is 6.92 Å². The van der Waals surface area contributed by atoms with Crippen LogP contribution >= 0.6 is 0 Å². The molecule has 0 saturated carbocycles. The van der Waals surface area contributed by atoms with Gasteiger partial charge in [-0.15, -0.1) is 0 Å². The van der Waals surface area contributed by atoms with E-state index in [1.807, 2.05) is 69.3 Å². The minimum atomic E-state index is -0.420. The van der Waals surface area contributed by atoms with Crippen LogP contribution in [0.4, 0.5) is 0 Å². The summed E-state index contributed by atoms with van der Waals surface area (Å²) in [6, 6.07) is 14.9. The predicted octanol–water partition coefficient (Wildman–Crippen LogP) is 8.66. The van der Waals surface area contributed by atoms with Crippen molar-refractivity contribution < 1.29 is 14.6 Å². The second kappa shape index (κ2) is 13.4. The van der Waals surface area contributed by atoms with Crippen LogP contribution in [0.5, 0.6) is 11.5 Å². The maximum atomic E-state index is 12.3. The van der Waals surface area contributed by atoms with Crippen LogP contribution in [0.1, 0.15) is 114 Å². The summed E-state index contributed by atoms with van der Waals surface area (Å²) in [5.74, 6) is 1.53. The molecule has 2 rings (SSSR count). The van der Waals surface area contributed by atoms with E-state index in [1.165, 1.54) is 51.4 Å². The fourth-order valence-electron chi connectivity index (χ4n) is 3.82. The molecule has 2 aromatic carbocycles. The molecule has 3 nitrogen and oxygen atoms in total. The van der Waals surface area contributed by atoms with Gasteiger partial charge >= 0.3 is 0 Å². The van der Waals surface area contributed by atoms with Crippen LogP contribution in [-0.2, 0) is 0 Å². The van der Waals surface area contributed by atoms with Crippen LogP contribution in [-0.4, -0.2) is 10.9 Å². The second-order valence-electron chi connectivity index (χ2n) is 9.91. The highest BCUT2D eigenvalue weighted by Gasteiger charge is 2.22. The maximum absolute atomic E-state index is 12.3. The molecule has 0 aliphatic rings. The molecule has 0 heterocycles. The number of benzene rings is 2. The summed E-state index contributed by atoms with van der Waals surface area (Å²) < 4.78 is 5.90. The number of hydrogen-bond acceptors (Lipinski definition) is 3. The molecular formula is C29H42O3. The van der Waals surface area contributed by atoms with Crippen LogP contribution in [0, 0.1) is 5.41 Å². The van der Waals surface area contributed by atoms with E-state index in [-0.39, 0.29) is 5.78 Å². The molecule has 0 fully saturated rings. The molecule has 1 unspecified atom stereocenters. The van der Waals surface area contributed by atoms with Gasteiger partial charge in [-0.3, -0.25) is 4.79 Å². The first kappa shape index (κ1) is 26.1. The highest BCUT2D eigenvalue weighted by molar-refractivity contribution is 5.99. The minimum absolute atomic E-state index is 0.120. The normalized spacial score (nSPS) is 12.5. The third-order valence-corrected chi connectivity index (χ3v) is 5.88. The van der Waals surface area contributed by atoms with Gasteiger partial charge in [0.15, 0.2) is 5.78 Å². The Morgan fingerprint density at radius 1 is 0.781 bits per heavy atom. The Labute approximate surface area is 195 Å². The molecule has 0 spiro atoms. The highest BCUT2D eigenvalue weighted by Crippen LogP contribution is 2.27. The lowest BCUT2D eigenvalue weighted by atomic mass is 9.86. The van der Waals surface area contributed by atoms with E-state index < -0.39 is 11.5 Å². The number of carbonyl (C=O) groups excluding carboxylic acids is 1. The lowest BCUT2D eigenvalue weighted by Crippen LogP contribution is -2.19. The zero-order valence-electron chi connectivity index (χ0n) is 20.5. The monoisotopic (exact) mass is 438 g/mol. The molecule has 0 bridgehead atoms. The summed E-state index contributed by atoms with van der Waals surface area (Å²) in [5, 5.41) is 10.5. The number of ketones is 1. The van der Waals surface area contributed by atoms with Crippen molar-refractivity contribution in [1.29, 1.82) is 0 Å². The quantitative estimate of drug-likeness (QED) is 0.237. The van der Waals surface area contributed by atoms with E-state index in [1.54, 1.807) is 0 Å². The zero-order chi connectivity index (χ0) is 23.4. The van der Waals surface area contributed by atoms with Crippen molar-refractivity contribution in [2.75, 3.05) is 0 Å². The third-order valence-electron chi connectivity index (χ3n) is 5.88. The van der Waals surface area contributed by atoms with Gasteiger partial charge in [0.05, 0.1) is 6.10 Å². The SMILES string of the molecule is CCCCCCCCCCCC(O)c1ccc(Oc2ccc(C(=O)C(C)(C)C)cc2)cc1. The van der Waals surface area contributed by atoms with E-state index in [0.29, 0.717) is 11.3 Å². The number of aliphatic hydroxyl groups is 1. The molecule has 0 aliphatic heterocycles. The van der Waals surface area contributed by atoms with Gasteiger partial charge in [0.2, 0.25) is 0 Å². The number of Topliss-reactive ketones (excluding diaryl/α,β-unsaturated/α-hetero) is 1. The van der Waals surface area contributed by atoms with Crippen molar-refractivity contribution >= 4 is 5.78 Å². The fraction of sp³-hybridized carbons (Fsp3) is 0.552. The van der Waals surface area contributed by atoms with Crippen molar-refractivity contribution in [2.24, 2.45) is 5.41 Å². The Morgan fingerprint density at radius 2 is 1.25 bits per heavy atom. The second-order valence-corrected chi connectivity index (χ2v) is 9.91. The van der Waals surface area contributed by atoms with Crippen LogP contribution in [0.15, 0.2) is 48.5 Å². The van der Waals surface area contributed by atoms with Gasteiger partial charge in [-0.2, -0.15) is 0 Å². The topological polar surface area (TPSA) is 46.5 Å². The summed E-state index contributed by atoms with van der Waals surface area (Å²) in [5.41, 5.74) is 1.23. The first-order valence-corrected chi connectivity index (χ1v) is 12.4. The number of carbonyl (C=O) groups is 1. The van der Waals surface area contributed by atoms with E-state index in [4.69, 9.17) is 4.74 Å².